The first-order valence-corrected chi connectivity index (χ1v) is 17.4. The highest BCUT2D eigenvalue weighted by atomic mass is 16.3. The van der Waals surface area contributed by atoms with Gasteiger partial charge in [0.05, 0.1) is 11.0 Å². The third-order valence-corrected chi connectivity index (χ3v) is 10.5. The average molecular weight is 651 g/mol. The number of rotatable bonds is 4. The highest BCUT2D eigenvalue weighted by Gasteiger charge is 2.19. The van der Waals surface area contributed by atoms with E-state index in [0.717, 1.165) is 44.7 Å². The largest absolute Gasteiger partial charge is 0.456 e. The van der Waals surface area contributed by atoms with Gasteiger partial charge in [0.2, 0.25) is 0 Å². The van der Waals surface area contributed by atoms with Gasteiger partial charge in [-0.2, -0.15) is 0 Å². The fourth-order valence-electron chi connectivity index (χ4n) is 8.13. The molecule has 0 N–H and O–H groups in total. The normalized spacial score (nSPS) is 11.9. The number of hydrogen-bond acceptors (Lipinski definition) is 2. The van der Waals surface area contributed by atoms with Gasteiger partial charge in [0.1, 0.15) is 11.2 Å². The van der Waals surface area contributed by atoms with Crippen LogP contribution in [0.1, 0.15) is 0 Å². The molecule has 0 unspecified atom stereocenters. The van der Waals surface area contributed by atoms with E-state index in [1.807, 2.05) is 0 Å². The van der Waals surface area contributed by atoms with E-state index in [1.54, 1.807) is 0 Å². The van der Waals surface area contributed by atoms with Crippen LogP contribution >= 0.6 is 0 Å². The van der Waals surface area contributed by atoms with E-state index in [-0.39, 0.29) is 0 Å². The van der Waals surface area contributed by atoms with Crippen LogP contribution in [0.15, 0.2) is 186 Å². The van der Waals surface area contributed by atoms with Gasteiger partial charge in [0, 0.05) is 50.4 Å². The van der Waals surface area contributed by atoms with Crippen LogP contribution in [0.25, 0.3) is 81.7 Å². The second kappa shape index (κ2) is 10.8. The van der Waals surface area contributed by atoms with Crippen molar-refractivity contribution < 1.29 is 4.42 Å². The van der Waals surface area contributed by atoms with Crippen LogP contribution in [0, 0.1) is 0 Å². The van der Waals surface area contributed by atoms with Crippen molar-refractivity contribution in [2.45, 2.75) is 0 Å². The van der Waals surface area contributed by atoms with Gasteiger partial charge >= 0.3 is 0 Å². The summed E-state index contributed by atoms with van der Waals surface area (Å²) < 4.78 is 8.96. The van der Waals surface area contributed by atoms with Crippen molar-refractivity contribution >= 4 is 93.1 Å². The Balaban J connectivity index is 1.15. The molecule has 0 aliphatic rings. The summed E-state index contributed by atoms with van der Waals surface area (Å²) in [6.07, 6.45) is 0. The highest BCUT2D eigenvalue weighted by Crippen LogP contribution is 2.43. The third kappa shape index (κ3) is 4.32. The number of fused-ring (bicyclic) bond motifs is 10. The summed E-state index contributed by atoms with van der Waals surface area (Å²) in [5.41, 5.74) is 8.50. The quantitative estimate of drug-likeness (QED) is 0.177. The topological polar surface area (TPSA) is 21.3 Å². The van der Waals surface area contributed by atoms with Gasteiger partial charge in [-0.3, -0.25) is 0 Å². The molecule has 2 heterocycles. The Morgan fingerprint density at radius 3 is 1.78 bits per heavy atom. The molecule has 0 atom stereocenters. The molecule has 0 saturated carbocycles. The molecule has 0 amide bonds. The van der Waals surface area contributed by atoms with Crippen LogP contribution in [0.4, 0.5) is 17.1 Å². The maximum absolute atomic E-state index is 6.59. The Hall–Kier alpha value is -6.84. The average Bonchev–Trinajstić information content (AvgIpc) is 3.71. The molecule has 0 bridgehead atoms. The van der Waals surface area contributed by atoms with E-state index in [4.69, 9.17) is 4.42 Å². The van der Waals surface area contributed by atoms with Crippen LogP contribution < -0.4 is 4.90 Å². The summed E-state index contributed by atoms with van der Waals surface area (Å²) in [5, 5.41) is 12.0. The lowest BCUT2D eigenvalue weighted by Crippen LogP contribution is -2.10. The molecule has 3 heteroatoms. The molecule has 0 spiro atoms. The molecule has 51 heavy (non-hydrogen) atoms. The molecule has 0 saturated heterocycles. The molecule has 0 fully saturated rings. The SMILES string of the molecule is c1ccc(-n2c3ccccc3c3cc(N(c4ccc5c(ccc6ccccc65)c4)c4ccc5c(c4)oc4cc6ccccc6cc45)ccc32)cc1. The minimum absolute atomic E-state index is 0.872. The zero-order valence-electron chi connectivity index (χ0n) is 27.6. The van der Waals surface area contributed by atoms with E-state index in [9.17, 15) is 0 Å². The number of hydrogen-bond donors (Lipinski definition) is 0. The van der Waals surface area contributed by atoms with Crippen LogP contribution in [-0.2, 0) is 0 Å². The lowest BCUT2D eigenvalue weighted by molar-refractivity contribution is 0.669. The Labute approximate surface area is 293 Å². The second-order valence-corrected chi connectivity index (χ2v) is 13.4. The van der Waals surface area contributed by atoms with Crippen molar-refractivity contribution in [3.05, 3.63) is 182 Å². The lowest BCUT2D eigenvalue weighted by atomic mass is 10.0. The van der Waals surface area contributed by atoms with Crippen LogP contribution in [-0.4, -0.2) is 4.57 Å². The summed E-state index contributed by atoms with van der Waals surface area (Å²) in [6.45, 7) is 0. The number of para-hydroxylation sites is 2. The number of furan rings is 1. The summed E-state index contributed by atoms with van der Waals surface area (Å²) in [7, 11) is 0. The smallest absolute Gasteiger partial charge is 0.137 e. The maximum Gasteiger partial charge on any atom is 0.137 e. The first-order chi connectivity index (χ1) is 25.3. The third-order valence-electron chi connectivity index (χ3n) is 10.5. The number of nitrogens with zero attached hydrogens (tertiary/aromatic N) is 2. The molecule has 0 aliphatic carbocycles. The van der Waals surface area contributed by atoms with Gasteiger partial charge in [-0.1, -0.05) is 103 Å². The van der Waals surface area contributed by atoms with Crippen LogP contribution in [0.5, 0.6) is 0 Å². The first kappa shape index (κ1) is 28.0. The van der Waals surface area contributed by atoms with Gasteiger partial charge in [0.15, 0.2) is 0 Å². The molecule has 2 aromatic heterocycles. The molecular weight excluding hydrogens is 621 g/mol. The highest BCUT2D eigenvalue weighted by molar-refractivity contribution is 6.13. The Bertz CT molecular complexity index is 3150. The summed E-state index contributed by atoms with van der Waals surface area (Å²) in [6, 6.07) is 65.6. The van der Waals surface area contributed by atoms with Crippen molar-refractivity contribution in [3.8, 4) is 5.69 Å². The molecule has 11 rings (SSSR count). The Morgan fingerprint density at radius 1 is 0.333 bits per heavy atom. The van der Waals surface area contributed by atoms with Crippen molar-refractivity contribution in [2.75, 3.05) is 4.90 Å². The van der Waals surface area contributed by atoms with E-state index in [2.05, 4.69) is 191 Å². The summed E-state index contributed by atoms with van der Waals surface area (Å²) in [5.74, 6) is 0. The van der Waals surface area contributed by atoms with Crippen LogP contribution in [0.2, 0.25) is 0 Å². The maximum atomic E-state index is 6.59. The molecule has 238 valence electrons. The fourth-order valence-corrected chi connectivity index (χ4v) is 8.13. The zero-order valence-corrected chi connectivity index (χ0v) is 27.6. The fraction of sp³-hybridized carbons (Fsp3) is 0. The Morgan fingerprint density at radius 2 is 0.922 bits per heavy atom. The molecule has 9 aromatic carbocycles. The summed E-state index contributed by atoms with van der Waals surface area (Å²) >= 11 is 0. The van der Waals surface area contributed by atoms with Crippen molar-refractivity contribution in [3.63, 3.8) is 0 Å². The molecular formula is C48H30N2O. The minimum atomic E-state index is 0.872. The Kier molecular flexibility index (Phi) is 5.96. The van der Waals surface area contributed by atoms with E-state index < -0.39 is 0 Å². The van der Waals surface area contributed by atoms with E-state index in [1.165, 1.54) is 54.1 Å². The van der Waals surface area contributed by atoms with Crippen molar-refractivity contribution in [1.82, 2.24) is 4.57 Å². The lowest BCUT2D eigenvalue weighted by Gasteiger charge is -2.26. The molecule has 0 radical (unpaired) electrons. The van der Waals surface area contributed by atoms with Gasteiger partial charge in [-0.15, -0.1) is 0 Å². The van der Waals surface area contributed by atoms with Gasteiger partial charge in [-0.05, 0) is 105 Å². The predicted octanol–water partition coefficient (Wildman–Crippen LogP) is 13.6. The second-order valence-electron chi connectivity index (χ2n) is 13.4. The minimum Gasteiger partial charge on any atom is -0.456 e. The monoisotopic (exact) mass is 650 g/mol. The molecule has 11 aromatic rings. The first-order valence-electron chi connectivity index (χ1n) is 17.4. The molecule has 3 nitrogen and oxygen atoms in total. The van der Waals surface area contributed by atoms with E-state index >= 15 is 0 Å². The van der Waals surface area contributed by atoms with Gasteiger partial charge in [0.25, 0.3) is 0 Å². The number of aromatic nitrogens is 1. The summed E-state index contributed by atoms with van der Waals surface area (Å²) in [4.78, 5) is 2.37. The van der Waals surface area contributed by atoms with Gasteiger partial charge in [-0.25, -0.2) is 0 Å². The van der Waals surface area contributed by atoms with Gasteiger partial charge < -0.3 is 13.9 Å². The standard InChI is InChI=1S/C48H30N2O/c1-2-13-35(14-3-1)50-45-17-9-8-16-41(45)43-29-37(22-25-46(43)50)49(36-20-23-40-34(26-36)19-18-31-10-6-7-15-39(31)40)38-21-24-42-44-27-32-11-4-5-12-33(32)28-47(44)51-48(42)30-38/h1-30H. The molecule has 0 aliphatic heterocycles. The predicted molar refractivity (Wildman–Crippen MR) is 215 cm³/mol. The zero-order chi connectivity index (χ0) is 33.5. The van der Waals surface area contributed by atoms with Crippen molar-refractivity contribution in [2.24, 2.45) is 0 Å². The van der Waals surface area contributed by atoms with E-state index in [0.29, 0.717) is 0 Å². The van der Waals surface area contributed by atoms with Crippen molar-refractivity contribution in [1.29, 1.82) is 0 Å². The van der Waals surface area contributed by atoms with Crippen LogP contribution in [0.3, 0.4) is 0 Å². The number of anilines is 3. The number of benzene rings is 9.